The SMILES string of the molecule is CC(C#N)c1nc2cccc(F)c2o1. The molecule has 0 amide bonds. The Morgan fingerprint density at radius 2 is 2.36 bits per heavy atom. The van der Waals surface area contributed by atoms with Crippen LogP contribution in [0, 0.1) is 17.1 Å². The first kappa shape index (κ1) is 8.70. The molecule has 0 fully saturated rings. The quantitative estimate of drug-likeness (QED) is 0.694. The third-order valence-corrected chi connectivity index (χ3v) is 1.95. The molecule has 0 aliphatic carbocycles. The molecule has 0 aliphatic heterocycles. The second-order valence-corrected chi connectivity index (χ2v) is 2.99. The molecule has 0 saturated carbocycles. The van der Waals surface area contributed by atoms with Gasteiger partial charge in [-0.15, -0.1) is 0 Å². The van der Waals surface area contributed by atoms with Gasteiger partial charge < -0.3 is 4.42 Å². The molecule has 1 aromatic carbocycles. The van der Waals surface area contributed by atoms with Gasteiger partial charge in [-0.2, -0.15) is 5.26 Å². The first-order valence-electron chi connectivity index (χ1n) is 4.17. The first-order valence-corrected chi connectivity index (χ1v) is 4.17. The van der Waals surface area contributed by atoms with Gasteiger partial charge in [0.15, 0.2) is 11.4 Å². The highest BCUT2D eigenvalue weighted by molar-refractivity contribution is 5.73. The summed E-state index contributed by atoms with van der Waals surface area (Å²) in [6.07, 6.45) is 0. The normalized spacial score (nSPS) is 12.6. The Morgan fingerprint density at radius 1 is 1.57 bits per heavy atom. The maximum Gasteiger partial charge on any atom is 0.212 e. The number of nitriles is 1. The van der Waals surface area contributed by atoms with Crippen molar-refractivity contribution in [1.29, 1.82) is 5.26 Å². The van der Waals surface area contributed by atoms with Crippen LogP contribution >= 0.6 is 0 Å². The van der Waals surface area contributed by atoms with Gasteiger partial charge >= 0.3 is 0 Å². The topological polar surface area (TPSA) is 49.8 Å². The molecular formula is C10H7FN2O. The molecule has 70 valence electrons. The lowest BCUT2D eigenvalue weighted by Gasteiger charge is -1.91. The minimum Gasteiger partial charge on any atom is -0.436 e. The van der Waals surface area contributed by atoms with Gasteiger partial charge in [-0.25, -0.2) is 9.37 Å². The zero-order valence-corrected chi connectivity index (χ0v) is 7.49. The standard InChI is InChI=1S/C10H7FN2O/c1-6(5-12)10-13-8-4-2-3-7(11)9(8)14-10/h2-4,6H,1H3. The van der Waals surface area contributed by atoms with Gasteiger partial charge in [-0.1, -0.05) is 6.07 Å². The van der Waals surface area contributed by atoms with E-state index in [1.807, 2.05) is 6.07 Å². The fraction of sp³-hybridized carbons (Fsp3) is 0.200. The lowest BCUT2D eigenvalue weighted by Crippen LogP contribution is -1.87. The average Bonchev–Trinajstić information content (AvgIpc) is 2.62. The monoisotopic (exact) mass is 190 g/mol. The summed E-state index contributed by atoms with van der Waals surface area (Å²) < 4.78 is 18.3. The van der Waals surface area contributed by atoms with E-state index in [1.54, 1.807) is 19.1 Å². The maximum absolute atomic E-state index is 13.2. The smallest absolute Gasteiger partial charge is 0.212 e. The molecule has 4 heteroatoms. The van der Waals surface area contributed by atoms with Gasteiger partial charge in [-0.05, 0) is 19.1 Å². The molecule has 1 heterocycles. The molecule has 2 rings (SSSR count). The number of halogens is 1. The molecule has 0 radical (unpaired) electrons. The van der Waals surface area contributed by atoms with Crippen molar-refractivity contribution in [3.8, 4) is 6.07 Å². The molecule has 1 aromatic heterocycles. The van der Waals surface area contributed by atoms with E-state index in [0.717, 1.165) is 0 Å². The Kier molecular flexibility index (Phi) is 1.93. The van der Waals surface area contributed by atoms with Crippen molar-refractivity contribution in [3.63, 3.8) is 0 Å². The Morgan fingerprint density at radius 3 is 3.00 bits per heavy atom. The molecule has 14 heavy (non-hydrogen) atoms. The van der Waals surface area contributed by atoms with Crippen LogP contribution in [0.25, 0.3) is 11.1 Å². The van der Waals surface area contributed by atoms with Gasteiger partial charge in [0.2, 0.25) is 5.89 Å². The summed E-state index contributed by atoms with van der Waals surface area (Å²) in [6.45, 7) is 1.66. The van der Waals surface area contributed by atoms with Crippen LogP contribution in [0.3, 0.4) is 0 Å². The van der Waals surface area contributed by atoms with Crippen molar-refractivity contribution in [2.75, 3.05) is 0 Å². The zero-order chi connectivity index (χ0) is 10.1. The van der Waals surface area contributed by atoms with Crippen LogP contribution in [-0.4, -0.2) is 4.98 Å². The van der Waals surface area contributed by atoms with Crippen molar-refractivity contribution in [2.45, 2.75) is 12.8 Å². The van der Waals surface area contributed by atoms with Crippen LogP contribution in [0.5, 0.6) is 0 Å². The van der Waals surface area contributed by atoms with E-state index in [-0.39, 0.29) is 11.5 Å². The van der Waals surface area contributed by atoms with Crippen molar-refractivity contribution >= 4 is 11.1 Å². The van der Waals surface area contributed by atoms with E-state index in [0.29, 0.717) is 5.52 Å². The predicted octanol–water partition coefficient (Wildman–Crippen LogP) is 2.59. The second-order valence-electron chi connectivity index (χ2n) is 2.99. The lowest BCUT2D eigenvalue weighted by atomic mass is 10.2. The van der Waals surface area contributed by atoms with Crippen LogP contribution < -0.4 is 0 Å². The Balaban J connectivity index is 2.64. The van der Waals surface area contributed by atoms with Crippen molar-refractivity contribution in [1.82, 2.24) is 4.98 Å². The summed E-state index contributed by atoms with van der Waals surface area (Å²) in [5.41, 5.74) is 0.562. The number of rotatable bonds is 1. The number of benzene rings is 1. The van der Waals surface area contributed by atoms with E-state index in [1.165, 1.54) is 6.07 Å². The fourth-order valence-electron chi connectivity index (χ4n) is 1.17. The largest absolute Gasteiger partial charge is 0.436 e. The minimum absolute atomic E-state index is 0.115. The fourth-order valence-corrected chi connectivity index (χ4v) is 1.17. The number of fused-ring (bicyclic) bond motifs is 1. The Hall–Kier alpha value is -1.89. The number of nitrogens with zero attached hydrogens (tertiary/aromatic N) is 2. The highest BCUT2D eigenvalue weighted by Crippen LogP contribution is 2.22. The molecule has 1 atom stereocenters. The van der Waals surface area contributed by atoms with Crippen LogP contribution in [0.1, 0.15) is 18.7 Å². The summed E-state index contributed by atoms with van der Waals surface area (Å²) in [4.78, 5) is 4.02. The zero-order valence-electron chi connectivity index (χ0n) is 7.49. The van der Waals surface area contributed by atoms with Crippen LogP contribution in [0.4, 0.5) is 4.39 Å². The molecule has 0 spiro atoms. The van der Waals surface area contributed by atoms with Gasteiger partial charge in [0.1, 0.15) is 11.4 Å². The Labute approximate surface area is 79.8 Å². The highest BCUT2D eigenvalue weighted by Gasteiger charge is 2.14. The van der Waals surface area contributed by atoms with Crippen molar-refractivity contribution in [2.24, 2.45) is 0 Å². The summed E-state index contributed by atoms with van der Waals surface area (Å²) in [5, 5.41) is 8.64. The molecule has 0 N–H and O–H groups in total. The lowest BCUT2D eigenvalue weighted by molar-refractivity contribution is 0.499. The Bertz CT molecular complexity index is 512. The minimum atomic E-state index is -0.457. The summed E-state index contributed by atoms with van der Waals surface area (Å²) >= 11 is 0. The summed E-state index contributed by atoms with van der Waals surface area (Å²) in [5.74, 6) is -0.652. The van der Waals surface area contributed by atoms with Gasteiger partial charge in [0.05, 0.1) is 6.07 Å². The number of hydrogen-bond acceptors (Lipinski definition) is 3. The number of oxazole rings is 1. The molecular weight excluding hydrogens is 183 g/mol. The maximum atomic E-state index is 13.2. The van der Waals surface area contributed by atoms with Gasteiger partial charge in [-0.3, -0.25) is 0 Å². The average molecular weight is 190 g/mol. The van der Waals surface area contributed by atoms with E-state index >= 15 is 0 Å². The molecule has 0 saturated heterocycles. The van der Waals surface area contributed by atoms with E-state index in [9.17, 15) is 4.39 Å². The summed E-state index contributed by atoms with van der Waals surface area (Å²) in [7, 11) is 0. The highest BCUT2D eigenvalue weighted by atomic mass is 19.1. The molecule has 0 aliphatic rings. The van der Waals surface area contributed by atoms with Crippen LogP contribution in [0.15, 0.2) is 22.6 Å². The van der Waals surface area contributed by atoms with E-state index in [2.05, 4.69) is 4.98 Å². The van der Waals surface area contributed by atoms with Crippen LogP contribution in [-0.2, 0) is 0 Å². The molecule has 3 nitrogen and oxygen atoms in total. The number of hydrogen-bond donors (Lipinski definition) is 0. The third kappa shape index (κ3) is 1.23. The van der Waals surface area contributed by atoms with Crippen molar-refractivity contribution in [3.05, 3.63) is 29.9 Å². The number of aromatic nitrogens is 1. The van der Waals surface area contributed by atoms with Gasteiger partial charge in [0, 0.05) is 0 Å². The molecule has 1 unspecified atom stereocenters. The molecule has 2 aromatic rings. The van der Waals surface area contributed by atoms with E-state index in [4.69, 9.17) is 9.68 Å². The summed E-state index contributed by atoms with van der Waals surface area (Å²) in [6, 6.07) is 6.49. The predicted molar refractivity (Wildman–Crippen MR) is 48.0 cm³/mol. The van der Waals surface area contributed by atoms with Crippen LogP contribution in [0.2, 0.25) is 0 Å². The third-order valence-electron chi connectivity index (χ3n) is 1.95. The van der Waals surface area contributed by atoms with Crippen molar-refractivity contribution < 1.29 is 8.81 Å². The molecule has 0 bridgehead atoms. The van der Waals surface area contributed by atoms with Gasteiger partial charge in [0.25, 0.3) is 0 Å². The second kappa shape index (κ2) is 3.11. The van der Waals surface area contributed by atoms with E-state index < -0.39 is 11.7 Å². The first-order chi connectivity index (χ1) is 6.72. The number of para-hydroxylation sites is 1.